The Morgan fingerprint density at radius 3 is 2.89 bits per heavy atom. The lowest BCUT2D eigenvalue weighted by molar-refractivity contribution is 0.0765. The molecule has 27 heavy (non-hydrogen) atoms. The minimum absolute atomic E-state index is 0.0314. The Kier molecular flexibility index (Phi) is 5.57. The van der Waals surface area contributed by atoms with E-state index in [4.69, 9.17) is 16.1 Å². The number of hydrogen-bond donors (Lipinski definition) is 0. The maximum absolute atomic E-state index is 13.3. The highest BCUT2D eigenvalue weighted by Crippen LogP contribution is 2.38. The molecule has 0 aliphatic carbocycles. The van der Waals surface area contributed by atoms with Gasteiger partial charge in [0.2, 0.25) is 0 Å². The molecule has 0 N–H and O–H groups in total. The van der Waals surface area contributed by atoms with Gasteiger partial charge < -0.3 is 9.42 Å². The highest BCUT2D eigenvalue weighted by atomic mass is 35.5. The van der Waals surface area contributed by atoms with Crippen molar-refractivity contribution in [3.05, 3.63) is 63.0 Å². The van der Waals surface area contributed by atoms with Crippen molar-refractivity contribution in [1.29, 1.82) is 0 Å². The van der Waals surface area contributed by atoms with Gasteiger partial charge in [-0.05, 0) is 30.9 Å². The summed E-state index contributed by atoms with van der Waals surface area (Å²) in [6.07, 6.45) is 0.947. The molecule has 7 heteroatoms. The Balaban J connectivity index is 1.58. The molecule has 0 spiro atoms. The Hall–Kier alpha value is -1.76. The monoisotopic (exact) mass is 418 g/mol. The molecule has 1 aliphatic heterocycles. The zero-order valence-corrected chi connectivity index (χ0v) is 17.2. The van der Waals surface area contributed by atoms with Gasteiger partial charge in [-0.2, -0.15) is 11.8 Å². The molecule has 3 heterocycles. The third kappa shape index (κ3) is 3.79. The maximum atomic E-state index is 13.3. The number of benzene rings is 1. The Morgan fingerprint density at radius 2 is 2.11 bits per heavy atom. The fourth-order valence-corrected chi connectivity index (χ4v) is 5.76. The number of hydrogen-bond acceptors (Lipinski definition) is 5. The zero-order chi connectivity index (χ0) is 18.8. The van der Waals surface area contributed by atoms with E-state index in [-0.39, 0.29) is 5.91 Å². The molecule has 1 saturated heterocycles. The van der Waals surface area contributed by atoms with Crippen LogP contribution in [0, 0.1) is 6.92 Å². The number of rotatable bonds is 3. The van der Waals surface area contributed by atoms with Crippen molar-refractivity contribution in [2.75, 3.05) is 18.8 Å². The first-order valence-corrected chi connectivity index (χ1v) is 11.1. The summed E-state index contributed by atoms with van der Waals surface area (Å²) in [5, 5.41) is 7.25. The van der Waals surface area contributed by atoms with E-state index in [1.54, 1.807) is 24.3 Å². The van der Waals surface area contributed by atoms with E-state index >= 15 is 0 Å². The van der Waals surface area contributed by atoms with Gasteiger partial charge in [-0.15, -0.1) is 11.3 Å². The SMILES string of the molecule is Cc1onc(-c2ccccc2Cl)c1C(=O)N1CCS[C@@H](c2cccs2)CC1. The Morgan fingerprint density at radius 1 is 1.26 bits per heavy atom. The number of aryl methyl sites for hydroxylation is 1. The average molecular weight is 419 g/mol. The quantitative estimate of drug-likeness (QED) is 0.548. The van der Waals surface area contributed by atoms with E-state index in [1.807, 2.05) is 34.9 Å². The largest absolute Gasteiger partial charge is 0.360 e. The maximum Gasteiger partial charge on any atom is 0.259 e. The van der Waals surface area contributed by atoms with Crippen molar-refractivity contribution in [2.24, 2.45) is 0 Å². The van der Waals surface area contributed by atoms with Crippen LogP contribution in [0.5, 0.6) is 0 Å². The lowest BCUT2D eigenvalue weighted by Crippen LogP contribution is -2.33. The first kappa shape index (κ1) is 18.6. The number of thioether (sulfide) groups is 1. The summed E-state index contributed by atoms with van der Waals surface area (Å²) in [5.74, 6) is 1.41. The number of amides is 1. The van der Waals surface area contributed by atoms with Crippen molar-refractivity contribution in [3.63, 3.8) is 0 Å². The average Bonchev–Trinajstić information content (AvgIpc) is 3.26. The van der Waals surface area contributed by atoms with Crippen LogP contribution in [-0.4, -0.2) is 34.8 Å². The number of carbonyl (C=O) groups is 1. The summed E-state index contributed by atoms with van der Waals surface area (Å²) in [6.45, 7) is 3.22. The minimum Gasteiger partial charge on any atom is -0.360 e. The summed E-state index contributed by atoms with van der Waals surface area (Å²) in [5.41, 5.74) is 1.76. The third-order valence-electron chi connectivity index (χ3n) is 4.69. The van der Waals surface area contributed by atoms with Crippen LogP contribution in [-0.2, 0) is 0 Å². The smallest absolute Gasteiger partial charge is 0.259 e. The van der Waals surface area contributed by atoms with Crippen LogP contribution in [0.2, 0.25) is 5.02 Å². The van der Waals surface area contributed by atoms with Gasteiger partial charge in [-0.1, -0.05) is 41.0 Å². The second-order valence-electron chi connectivity index (χ2n) is 6.40. The van der Waals surface area contributed by atoms with Crippen molar-refractivity contribution in [1.82, 2.24) is 10.1 Å². The standard InChI is InChI=1S/C20H19ClN2O2S2/c1-13-18(19(22-25-13)14-5-2-3-6-15(14)21)20(24)23-9-8-17(27-12-10-23)16-7-4-11-26-16/h2-7,11,17H,8-10,12H2,1H3/t17-/m1/s1. The number of halogens is 1. The molecular formula is C20H19ClN2O2S2. The molecule has 0 saturated carbocycles. The van der Waals surface area contributed by atoms with E-state index in [0.29, 0.717) is 27.3 Å². The van der Waals surface area contributed by atoms with Gasteiger partial charge in [0.15, 0.2) is 0 Å². The van der Waals surface area contributed by atoms with Crippen molar-refractivity contribution >= 4 is 40.6 Å². The summed E-state index contributed by atoms with van der Waals surface area (Å²) in [4.78, 5) is 16.6. The van der Waals surface area contributed by atoms with Crippen molar-refractivity contribution < 1.29 is 9.32 Å². The van der Waals surface area contributed by atoms with E-state index < -0.39 is 0 Å². The van der Waals surface area contributed by atoms with Crippen molar-refractivity contribution in [2.45, 2.75) is 18.6 Å². The zero-order valence-electron chi connectivity index (χ0n) is 14.9. The first-order valence-electron chi connectivity index (χ1n) is 8.80. The van der Waals surface area contributed by atoms with Crippen LogP contribution < -0.4 is 0 Å². The second-order valence-corrected chi connectivity index (χ2v) is 9.10. The predicted molar refractivity (Wildman–Crippen MR) is 112 cm³/mol. The van der Waals surface area contributed by atoms with Gasteiger partial charge in [0, 0.05) is 34.5 Å². The highest BCUT2D eigenvalue weighted by molar-refractivity contribution is 7.99. The summed E-state index contributed by atoms with van der Waals surface area (Å²) >= 11 is 10.0. The second kappa shape index (κ2) is 8.09. The fourth-order valence-electron chi connectivity index (χ4n) is 3.29. The number of carbonyl (C=O) groups excluding carboxylic acids is 1. The van der Waals surface area contributed by atoms with Crippen LogP contribution in [0.1, 0.15) is 32.7 Å². The van der Waals surface area contributed by atoms with E-state index in [1.165, 1.54) is 4.88 Å². The molecule has 4 rings (SSSR count). The van der Waals surface area contributed by atoms with E-state index in [2.05, 4.69) is 22.7 Å². The highest BCUT2D eigenvalue weighted by Gasteiger charge is 2.29. The summed E-state index contributed by atoms with van der Waals surface area (Å²) in [6, 6.07) is 11.7. The van der Waals surface area contributed by atoms with Gasteiger partial charge >= 0.3 is 0 Å². The molecule has 1 amide bonds. The lowest BCUT2D eigenvalue weighted by Gasteiger charge is -2.20. The van der Waals surface area contributed by atoms with Gasteiger partial charge in [-0.25, -0.2) is 0 Å². The molecule has 140 valence electrons. The molecule has 1 atom stereocenters. The van der Waals surface area contributed by atoms with E-state index in [0.717, 1.165) is 30.8 Å². The molecule has 0 bridgehead atoms. The lowest BCUT2D eigenvalue weighted by atomic mass is 10.0. The normalized spacial score (nSPS) is 17.7. The van der Waals surface area contributed by atoms with Crippen LogP contribution in [0.3, 0.4) is 0 Å². The minimum atomic E-state index is -0.0314. The molecule has 0 radical (unpaired) electrons. The third-order valence-corrected chi connectivity index (χ3v) is 7.47. The van der Waals surface area contributed by atoms with Crippen LogP contribution in [0.4, 0.5) is 0 Å². The van der Waals surface area contributed by atoms with Gasteiger partial charge in [0.05, 0.1) is 5.02 Å². The predicted octanol–water partition coefficient (Wildman–Crippen LogP) is 5.69. The van der Waals surface area contributed by atoms with Gasteiger partial charge in [-0.3, -0.25) is 4.79 Å². The molecule has 1 fully saturated rings. The molecule has 0 unspecified atom stereocenters. The molecule has 4 nitrogen and oxygen atoms in total. The molecular weight excluding hydrogens is 400 g/mol. The molecule has 2 aromatic heterocycles. The van der Waals surface area contributed by atoms with Gasteiger partial charge in [0.1, 0.15) is 17.0 Å². The van der Waals surface area contributed by atoms with E-state index in [9.17, 15) is 4.79 Å². The molecule has 1 aliphatic rings. The summed E-state index contributed by atoms with van der Waals surface area (Å²) < 4.78 is 5.37. The van der Waals surface area contributed by atoms with Crippen LogP contribution >= 0.6 is 34.7 Å². The fraction of sp³-hybridized carbons (Fsp3) is 0.300. The van der Waals surface area contributed by atoms with Crippen LogP contribution in [0.25, 0.3) is 11.3 Å². The first-order chi connectivity index (χ1) is 13.1. The number of nitrogens with zero attached hydrogens (tertiary/aromatic N) is 2. The Bertz CT molecular complexity index is 939. The number of aromatic nitrogens is 1. The summed E-state index contributed by atoms with van der Waals surface area (Å²) in [7, 11) is 0. The number of thiophene rings is 1. The van der Waals surface area contributed by atoms with Crippen LogP contribution in [0.15, 0.2) is 46.3 Å². The topological polar surface area (TPSA) is 46.3 Å². The van der Waals surface area contributed by atoms with Crippen molar-refractivity contribution in [3.8, 4) is 11.3 Å². The molecule has 3 aromatic rings. The molecule has 1 aromatic carbocycles. The van der Waals surface area contributed by atoms with Gasteiger partial charge in [0.25, 0.3) is 5.91 Å². The Labute approximate surface area is 171 Å².